The quantitative estimate of drug-likeness (QED) is 0.682. The fraction of sp³-hybridized carbons (Fsp3) is 0.688. The third-order valence-electron chi connectivity index (χ3n) is 5.37. The first-order chi connectivity index (χ1) is 12.0. The minimum Gasteiger partial charge on any atom is -0.411 e. The molecule has 2 aromatic rings. The second-order valence-electron chi connectivity index (χ2n) is 8.24. The molecule has 1 aliphatic rings. The molecule has 1 fully saturated rings. The van der Waals surface area contributed by atoms with Gasteiger partial charge in [-0.25, -0.2) is 4.98 Å². The summed E-state index contributed by atoms with van der Waals surface area (Å²) in [6, 6.07) is 0. The molecule has 1 aliphatic heterocycles. The van der Waals surface area contributed by atoms with E-state index in [4.69, 9.17) is 14.9 Å². The Morgan fingerprint density at radius 2 is 2.19 bits per heavy atom. The number of rotatable bonds is 4. The summed E-state index contributed by atoms with van der Waals surface area (Å²) in [7, 11) is -2.02. The van der Waals surface area contributed by atoms with Crippen LogP contribution in [0.15, 0.2) is 11.1 Å². The molecule has 10 heteroatoms. The number of nitrogen functional groups attached to an aromatic ring is 1. The predicted molar refractivity (Wildman–Crippen MR) is 100 cm³/mol. The normalized spacial score (nSPS) is 24.5. The zero-order chi connectivity index (χ0) is 19.3. The van der Waals surface area contributed by atoms with Gasteiger partial charge in [0.05, 0.1) is 19.0 Å². The van der Waals surface area contributed by atoms with Gasteiger partial charge in [0.1, 0.15) is 12.3 Å². The second-order valence-corrected chi connectivity index (χ2v) is 13.0. The molecule has 26 heavy (non-hydrogen) atoms. The van der Waals surface area contributed by atoms with E-state index in [9.17, 15) is 9.90 Å². The smallest absolute Gasteiger partial charge is 0.280 e. The number of anilines is 1. The Balaban J connectivity index is 1.89. The third kappa shape index (κ3) is 3.29. The average Bonchev–Trinajstić information content (AvgIpc) is 3.09. The number of nitrogens with two attached hydrogens (primary N) is 1. The lowest BCUT2D eigenvalue weighted by molar-refractivity contribution is -0.0410. The van der Waals surface area contributed by atoms with Gasteiger partial charge in [0.25, 0.3) is 5.56 Å². The van der Waals surface area contributed by atoms with Crippen molar-refractivity contribution in [3.63, 3.8) is 0 Å². The molecule has 9 nitrogen and oxygen atoms in total. The first kappa shape index (κ1) is 19.0. The van der Waals surface area contributed by atoms with E-state index < -0.39 is 26.2 Å². The number of aromatic amines is 1. The number of nitrogens with zero attached hydrogens (tertiary/aromatic N) is 3. The van der Waals surface area contributed by atoms with E-state index in [2.05, 4.69) is 48.8 Å². The fourth-order valence-electron chi connectivity index (χ4n) is 2.87. The van der Waals surface area contributed by atoms with E-state index in [1.807, 2.05) is 0 Å². The van der Waals surface area contributed by atoms with Crippen LogP contribution in [0.1, 0.15) is 33.4 Å². The van der Waals surface area contributed by atoms with Gasteiger partial charge in [-0.1, -0.05) is 20.8 Å². The van der Waals surface area contributed by atoms with Crippen molar-refractivity contribution in [3.05, 3.63) is 16.7 Å². The van der Waals surface area contributed by atoms with Crippen molar-refractivity contribution in [2.75, 3.05) is 12.3 Å². The number of aromatic nitrogens is 4. The summed E-state index contributed by atoms with van der Waals surface area (Å²) in [5.74, 6) is 0.0232. The van der Waals surface area contributed by atoms with Crippen LogP contribution in [0, 0.1) is 0 Å². The van der Waals surface area contributed by atoms with Gasteiger partial charge in [0.15, 0.2) is 19.5 Å². The van der Waals surface area contributed by atoms with Crippen LogP contribution >= 0.6 is 0 Å². The highest BCUT2D eigenvalue weighted by atomic mass is 28.4. The third-order valence-corrected chi connectivity index (χ3v) is 9.88. The van der Waals surface area contributed by atoms with E-state index in [0.29, 0.717) is 12.1 Å². The van der Waals surface area contributed by atoms with Crippen molar-refractivity contribution < 1.29 is 14.3 Å². The Kier molecular flexibility index (Phi) is 4.72. The average molecular weight is 382 g/mol. The summed E-state index contributed by atoms with van der Waals surface area (Å²) in [6.45, 7) is 10.7. The molecular formula is C16H27N5O4Si. The molecule has 1 saturated heterocycles. The highest BCUT2D eigenvalue weighted by Crippen LogP contribution is 2.41. The summed E-state index contributed by atoms with van der Waals surface area (Å²) in [6.07, 6.45) is 0.951. The van der Waals surface area contributed by atoms with Crippen LogP contribution in [0.5, 0.6) is 0 Å². The molecule has 0 amide bonds. The van der Waals surface area contributed by atoms with Gasteiger partial charge >= 0.3 is 0 Å². The van der Waals surface area contributed by atoms with Crippen LogP contribution in [0.2, 0.25) is 18.1 Å². The van der Waals surface area contributed by atoms with Gasteiger partial charge in [0.2, 0.25) is 5.95 Å². The minimum absolute atomic E-state index is 0.0232. The number of fused-ring (bicyclic) bond motifs is 1. The summed E-state index contributed by atoms with van der Waals surface area (Å²) in [5.41, 5.74) is 5.83. The largest absolute Gasteiger partial charge is 0.411 e. The van der Waals surface area contributed by atoms with Crippen LogP contribution in [0.25, 0.3) is 11.2 Å². The molecule has 0 saturated carbocycles. The van der Waals surface area contributed by atoms with Crippen LogP contribution in [0.3, 0.4) is 0 Å². The van der Waals surface area contributed by atoms with Crippen molar-refractivity contribution in [1.29, 1.82) is 0 Å². The monoisotopic (exact) mass is 381 g/mol. The summed E-state index contributed by atoms with van der Waals surface area (Å²) >= 11 is 0. The van der Waals surface area contributed by atoms with E-state index in [0.717, 1.165) is 0 Å². The fourth-order valence-corrected chi connectivity index (χ4v) is 4.23. The van der Waals surface area contributed by atoms with Crippen LogP contribution < -0.4 is 11.3 Å². The molecule has 0 radical (unpaired) electrons. The highest BCUT2D eigenvalue weighted by Gasteiger charge is 2.45. The SMILES string of the molecule is CC(C)(C)[Si](C)(C)O[C@@H]1C[C@H](n2cnc3c(=O)[nH]c(N)nc32)O[C@@H]1CO. The van der Waals surface area contributed by atoms with Gasteiger partial charge < -0.3 is 20.0 Å². The molecule has 4 N–H and O–H groups in total. The van der Waals surface area contributed by atoms with E-state index in [1.165, 1.54) is 6.33 Å². The Morgan fingerprint density at radius 1 is 1.50 bits per heavy atom. The van der Waals surface area contributed by atoms with Crippen molar-refractivity contribution in [2.45, 2.75) is 63.8 Å². The molecule has 0 bridgehead atoms. The molecule has 3 atom stereocenters. The Bertz CT molecular complexity index is 856. The Labute approximate surface area is 152 Å². The van der Waals surface area contributed by atoms with Crippen LogP contribution in [-0.2, 0) is 9.16 Å². The van der Waals surface area contributed by atoms with Crippen LogP contribution in [-0.4, -0.2) is 51.8 Å². The summed E-state index contributed by atoms with van der Waals surface area (Å²) in [5, 5.41) is 9.80. The van der Waals surface area contributed by atoms with Crippen molar-refractivity contribution >= 4 is 25.4 Å². The van der Waals surface area contributed by atoms with E-state index in [1.54, 1.807) is 4.57 Å². The van der Waals surface area contributed by atoms with Gasteiger partial charge in [-0.2, -0.15) is 4.98 Å². The summed E-state index contributed by atoms with van der Waals surface area (Å²) < 4.78 is 14.1. The first-order valence-corrected chi connectivity index (χ1v) is 11.6. The van der Waals surface area contributed by atoms with Gasteiger partial charge in [-0.3, -0.25) is 14.3 Å². The number of ether oxygens (including phenoxy) is 1. The first-order valence-electron chi connectivity index (χ1n) is 8.70. The lowest BCUT2D eigenvalue weighted by atomic mass is 10.2. The molecule has 144 valence electrons. The Hall–Kier alpha value is -1.75. The molecule has 0 spiro atoms. The standard InChI is InChI=1S/C16H27N5O4Si/c1-16(2,3)26(4,5)25-9-6-11(24-10(9)7-22)21-8-18-12-13(21)19-15(17)20-14(12)23/h8-11,22H,6-7H2,1-5H3,(H3,17,19,20,23)/t9-,10-,11-/m1/s1. The summed E-state index contributed by atoms with van der Waals surface area (Å²) in [4.78, 5) is 22.7. The predicted octanol–water partition coefficient (Wildman–Crippen LogP) is 1.37. The van der Waals surface area contributed by atoms with Crippen molar-refractivity contribution in [1.82, 2.24) is 19.5 Å². The minimum atomic E-state index is -2.02. The molecule has 2 aromatic heterocycles. The number of aliphatic hydroxyl groups is 1. The maximum Gasteiger partial charge on any atom is 0.280 e. The maximum absolute atomic E-state index is 12.0. The van der Waals surface area contributed by atoms with Crippen molar-refractivity contribution in [2.24, 2.45) is 0 Å². The topological polar surface area (TPSA) is 128 Å². The maximum atomic E-state index is 12.0. The number of imidazole rings is 1. The molecule has 3 heterocycles. The highest BCUT2D eigenvalue weighted by molar-refractivity contribution is 6.74. The second kappa shape index (κ2) is 6.45. The van der Waals surface area contributed by atoms with E-state index in [-0.39, 0.29) is 29.2 Å². The zero-order valence-electron chi connectivity index (χ0n) is 15.8. The molecule has 0 aliphatic carbocycles. The Morgan fingerprint density at radius 3 is 2.81 bits per heavy atom. The zero-order valence-corrected chi connectivity index (χ0v) is 16.8. The number of nitrogens with one attached hydrogen (secondary N) is 1. The number of aliphatic hydroxyl groups excluding tert-OH is 1. The van der Waals surface area contributed by atoms with Gasteiger partial charge in [-0.15, -0.1) is 0 Å². The van der Waals surface area contributed by atoms with Crippen LogP contribution in [0.4, 0.5) is 5.95 Å². The molecular weight excluding hydrogens is 354 g/mol. The lowest BCUT2D eigenvalue weighted by Crippen LogP contribution is -2.46. The van der Waals surface area contributed by atoms with Gasteiger partial charge in [0, 0.05) is 6.42 Å². The number of hydrogen-bond acceptors (Lipinski definition) is 7. The van der Waals surface area contributed by atoms with Gasteiger partial charge in [-0.05, 0) is 18.1 Å². The lowest BCUT2D eigenvalue weighted by Gasteiger charge is -2.39. The molecule has 0 unspecified atom stereocenters. The van der Waals surface area contributed by atoms with Crippen molar-refractivity contribution in [3.8, 4) is 0 Å². The molecule has 3 rings (SSSR count). The number of H-pyrrole nitrogens is 1. The molecule has 0 aromatic carbocycles. The number of hydrogen-bond donors (Lipinski definition) is 3. The van der Waals surface area contributed by atoms with E-state index >= 15 is 0 Å².